The number of carbonyl (C=O) groups excluding carboxylic acids is 5. The monoisotopic (exact) mass is 501 g/mol. The van der Waals surface area contributed by atoms with Gasteiger partial charge in [0.05, 0.1) is 18.7 Å². The molecule has 2 saturated heterocycles. The number of imide groups is 1. The van der Waals surface area contributed by atoms with Crippen molar-refractivity contribution in [3.8, 4) is 0 Å². The van der Waals surface area contributed by atoms with Crippen molar-refractivity contribution in [1.29, 1.82) is 0 Å². The number of hydrogen-bond donors (Lipinski definition) is 1. The Hall–Kier alpha value is -3.27. The van der Waals surface area contributed by atoms with Crippen LogP contribution in [-0.4, -0.2) is 82.9 Å². The lowest BCUT2D eigenvalue weighted by molar-refractivity contribution is -0.173. The number of carbonyl (C=O) groups is 5. The highest BCUT2D eigenvalue weighted by molar-refractivity contribution is 6.10. The summed E-state index contributed by atoms with van der Waals surface area (Å²) in [5.74, 6) is -2.69. The Balaban J connectivity index is 1.90. The first-order chi connectivity index (χ1) is 17.0. The minimum absolute atomic E-state index is 0.0314. The normalized spacial score (nSPS) is 21.5. The number of nitrogens with zero attached hydrogens (tertiary/aromatic N) is 2. The van der Waals surface area contributed by atoms with Crippen LogP contribution in [0.15, 0.2) is 30.3 Å². The summed E-state index contributed by atoms with van der Waals surface area (Å²) >= 11 is 0. The Morgan fingerprint density at radius 3 is 2.39 bits per heavy atom. The summed E-state index contributed by atoms with van der Waals surface area (Å²) in [6, 6.07) is 5.83. The molecule has 0 aromatic heterocycles. The van der Waals surface area contributed by atoms with Crippen LogP contribution in [0.4, 0.5) is 0 Å². The van der Waals surface area contributed by atoms with E-state index in [-0.39, 0.29) is 31.6 Å². The van der Waals surface area contributed by atoms with Crippen LogP contribution in [0.2, 0.25) is 0 Å². The zero-order valence-corrected chi connectivity index (χ0v) is 21.3. The summed E-state index contributed by atoms with van der Waals surface area (Å²) in [7, 11) is 0. The molecule has 10 nitrogen and oxygen atoms in total. The standard InChI is InChI=1S/C26H35N3O7/c1-5-35-20(30)14-13-19-22(25(34)28(19)16-21(31)36-26(2,3)4)29(24(33)18-12-9-15-27-18)23(32)17-10-7-6-8-11-17/h6-8,10-11,18-19,22,27H,5,9,12-16H2,1-4H3/t18?,19-,22+/m1/s1. The van der Waals surface area contributed by atoms with Crippen LogP contribution < -0.4 is 5.32 Å². The maximum atomic E-state index is 13.5. The Morgan fingerprint density at radius 2 is 1.81 bits per heavy atom. The molecule has 3 atom stereocenters. The molecule has 196 valence electrons. The van der Waals surface area contributed by atoms with Crippen molar-refractivity contribution in [1.82, 2.24) is 15.1 Å². The van der Waals surface area contributed by atoms with E-state index in [1.807, 2.05) is 0 Å². The van der Waals surface area contributed by atoms with Crippen LogP contribution >= 0.6 is 0 Å². The number of rotatable bonds is 9. The van der Waals surface area contributed by atoms with Crippen molar-refractivity contribution in [2.24, 2.45) is 0 Å². The predicted octanol–water partition coefficient (Wildman–Crippen LogP) is 1.67. The van der Waals surface area contributed by atoms with Crippen molar-refractivity contribution in [2.45, 2.75) is 77.1 Å². The molecule has 0 aliphatic carbocycles. The minimum Gasteiger partial charge on any atom is -0.466 e. The van der Waals surface area contributed by atoms with E-state index in [9.17, 15) is 24.0 Å². The number of benzene rings is 1. The lowest BCUT2D eigenvalue weighted by Gasteiger charge is -2.50. The van der Waals surface area contributed by atoms with Gasteiger partial charge in [-0.3, -0.25) is 28.9 Å². The van der Waals surface area contributed by atoms with E-state index in [0.717, 1.165) is 11.3 Å². The van der Waals surface area contributed by atoms with Gasteiger partial charge >= 0.3 is 11.9 Å². The first kappa shape index (κ1) is 27.3. The van der Waals surface area contributed by atoms with E-state index in [0.29, 0.717) is 13.0 Å². The van der Waals surface area contributed by atoms with Gasteiger partial charge in [-0.2, -0.15) is 0 Å². The quantitative estimate of drug-likeness (QED) is 0.308. The molecule has 1 aromatic carbocycles. The van der Waals surface area contributed by atoms with Crippen molar-refractivity contribution < 1.29 is 33.4 Å². The molecule has 0 bridgehead atoms. The number of β-lactam (4-membered cyclic amide) rings is 1. The molecule has 3 rings (SSSR count). The van der Waals surface area contributed by atoms with Gasteiger partial charge in [-0.1, -0.05) is 18.2 Å². The van der Waals surface area contributed by atoms with Gasteiger partial charge in [0, 0.05) is 12.0 Å². The van der Waals surface area contributed by atoms with Gasteiger partial charge in [-0.05, 0) is 65.6 Å². The zero-order valence-electron chi connectivity index (χ0n) is 21.3. The molecular formula is C26H35N3O7. The van der Waals surface area contributed by atoms with Crippen molar-refractivity contribution in [2.75, 3.05) is 19.7 Å². The molecule has 3 amide bonds. The molecule has 0 saturated carbocycles. The van der Waals surface area contributed by atoms with E-state index in [1.165, 1.54) is 4.90 Å². The molecule has 2 heterocycles. The van der Waals surface area contributed by atoms with E-state index in [4.69, 9.17) is 9.47 Å². The number of hydrogen-bond acceptors (Lipinski definition) is 8. The Kier molecular flexibility index (Phi) is 8.84. The number of esters is 2. The first-order valence-electron chi connectivity index (χ1n) is 12.4. The van der Waals surface area contributed by atoms with E-state index >= 15 is 0 Å². The highest BCUT2D eigenvalue weighted by Crippen LogP contribution is 2.31. The molecular weight excluding hydrogens is 466 g/mol. The number of amides is 3. The minimum atomic E-state index is -1.13. The first-order valence-corrected chi connectivity index (χ1v) is 12.4. The lowest BCUT2D eigenvalue weighted by Crippen LogP contribution is -2.74. The van der Waals surface area contributed by atoms with Gasteiger partial charge in [0.2, 0.25) is 11.8 Å². The average Bonchev–Trinajstić information content (AvgIpc) is 3.36. The fraction of sp³-hybridized carbons (Fsp3) is 0.577. The smallest absolute Gasteiger partial charge is 0.326 e. The van der Waals surface area contributed by atoms with E-state index in [1.54, 1.807) is 58.0 Å². The summed E-state index contributed by atoms with van der Waals surface area (Å²) < 4.78 is 10.4. The van der Waals surface area contributed by atoms with Gasteiger partial charge in [0.15, 0.2) is 0 Å². The van der Waals surface area contributed by atoms with Crippen molar-refractivity contribution in [3.05, 3.63) is 35.9 Å². The number of ether oxygens (including phenoxy) is 2. The topological polar surface area (TPSA) is 122 Å². The van der Waals surface area contributed by atoms with Crippen LogP contribution in [-0.2, 0) is 28.7 Å². The second-order valence-electron chi connectivity index (χ2n) is 9.94. The molecule has 2 fully saturated rings. The summed E-state index contributed by atoms with van der Waals surface area (Å²) in [6.45, 7) is 7.35. The van der Waals surface area contributed by atoms with Gasteiger partial charge in [-0.15, -0.1) is 0 Å². The van der Waals surface area contributed by atoms with Crippen LogP contribution in [0.3, 0.4) is 0 Å². The maximum Gasteiger partial charge on any atom is 0.326 e. The predicted molar refractivity (Wildman–Crippen MR) is 130 cm³/mol. The fourth-order valence-corrected chi connectivity index (χ4v) is 4.54. The summed E-state index contributed by atoms with van der Waals surface area (Å²) in [4.78, 5) is 67.3. The van der Waals surface area contributed by atoms with Crippen molar-refractivity contribution >= 4 is 29.7 Å². The van der Waals surface area contributed by atoms with E-state index < -0.39 is 53.4 Å². The third-order valence-corrected chi connectivity index (χ3v) is 6.08. The van der Waals surface area contributed by atoms with Gasteiger partial charge in [-0.25, -0.2) is 0 Å². The fourth-order valence-electron chi connectivity index (χ4n) is 4.54. The highest BCUT2D eigenvalue weighted by atomic mass is 16.6. The average molecular weight is 502 g/mol. The molecule has 0 spiro atoms. The SMILES string of the molecule is CCOC(=O)CC[C@@H]1[C@H](N(C(=O)c2ccccc2)C(=O)C2CCCN2)C(=O)N1CC(=O)OC(C)(C)C. The Labute approximate surface area is 211 Å². The third-order valence-electron chi connectivity index (χ3n) is 6.08. The van der Waals surface area contributed by atoms with Gasteiger partial charge in [0.1, 0.15) is 18.2 Å². The summed E-state index contributed by atoms with van der Waals surface area (Å²) in [5.41, 5.74) is -0.476. The van der Waals surface area contributed by atoms with Gasteiger partial charge in [0.25, 0.3) is 5.91 Å². The zero-order chi connectivity index (χ0) is 26.5. The van der Waals surface area contributed by atoms with Crippen LogP contribution in [0, 0.1) is 0 Å². The molecule has 2 aliphatic heterocycles. The maximum absolute atomic E-state index is 13.5. The van der Waals surface area contributed by atoms with Crippen LogP contribution in [0.1, 0.15) is 63.7 Å². The molecule has 1 N–H and O–H groups in total. The molecule has 2 aliphatic rings. The van der Waals surface area contributed by atoms with Crippen LogP contribution in [0.25, 0.3) is 0 Å². The lowest BCUT2D eigenvalue weighted by atomic mass is 9.88. The summed E-state index contributed by atoms with van der Waals surface area (Å²) in [6.07, 6.45) is 1.42. The molecule has 1 unspecified atom stereocenters. The molecule has 10 heteroatoms. The molecule has 0 radical (unpaired) electrons. The second-order valence-corrected chi connectivity index (χ2v) is 9.94. The van der Waals surface area contributed by atoms with Crippen molar-refractivity contribution in [3.63, 3.8) is 0 Å². The van der Waals surface area contributed by atoms with Crippen LogP contribution in [0.5, 0.6) is 0 Å². The molecule has 36 heavy (non-hydrogen) atoms. The van der Waals surface area contributed by atoms with Gasteiger partial charge < -0.3 is 19.7 Å². The largest absolute Gasteiger partial charge is 0.466 e. The molecule has 1 aromatic rings. The van der Waals surface area contributed by atoms with E-state index in [2.05, 4.69) is 5.32 Å². The number of likely N-dealkylation sites (tertiary alicyclic amines) is 1. The Bertz CT molecular complexity index is 983. The third kappa shape index (κ3) is 6.48. The second kappa shape index (κ2) is 11.6. The summed E-state index contributed by atoms with van der Waals surface area (Å²) in [5, 5.41) is 3.10. The Morgan fingerprint density at radius 1 is 1.11 bits per heavy atom. The highest BCUT2D eigenvalue weighted by Gasteiger charge is 2.55. The number of nitrogens with one attached hydrogen (secondary N) is 1.